The molecule has 0 amide bonds. The first kappa shape index (κ1) is 13.8. The van der Waals surface area contributed by atoms with Gasteiger partial charge in [-0.05, 0) is 24.3 Å². The molecule has 0 radical (unpaired) electrons. The van der Waals surface area contributed by atoms with Gasteiger partial charge in [0.25, 0.3) is 5.91 Å². The summed E-state index contributed by atoms with van der Waals surface area (Å²) in [6, 6.07) is 10.0. The number of ether oxygens (including phenoxy) is 1. The van der Waals surface area contributed by atoms with Gasteiger partial charge in [0.05, 0.1) is 11.2 Å². The van der Waals surface area contributed by atoms with E-state index >= 15 is 0 Å². The van der Waals surface area contributed by atoms with Gasteiger partial charge in [-0.15, -0.1) is 0 Å². The van der Waals surface area contributed by atoms with Crippen molar-refractivity contribution in [3.8, 4) is 17.1 Å². The van der Waals surface area contributed by atoms with Crippen molar-refractivity contribution in [1.82, 2.24) is 9.55 Å². The second-order valence-corrected chi connectivity index (χ2v) is 5.15. The van der Waals surface area contributed by atoms with Crippen molar-refractivity contribution < 1.29 is 22.7 Å². The Morgan fingerprint density at radius 1 is 1.13 bits per heavy atom. The molecular formula is C16H9F3N2O2. The summed E-state index contributed by atoms with van der Waals surface area (Å²) >= 11 is 0. The third-order valence-electron chi connectivity index (χ3n) is 3.65. The zero-order chi connectivity index (χ0) is 16.2. The highest BCUT2D eigenvalue weighted by Gasteiger charge is 2.35. The smallest absolute Gasteiger partial charge is 0.422 e. The summed E-state index contributed by atoms with van der Waals surface area (Å²) in [6.07, 6.45) is -2.94. The Labute approximate surface area is 128 Å². The number of alkyl halides is 3. The third kappa shape index (κ3) is 2.08. The number of carbonyl (C=O) groups is 1. The molecule has 4 nitrogen and oxygen atoms in total. The van der Waals surface area contributed by atoms with Crippen LogP contribution in [0.1, 0.15) is 10.4 Å². The standard InChI is InChI=1S/C16H9F3N2O2/c17-16(18,19)8-23-14-9-4-1-2-5-10(9)20-13-11-6-3-7-21(11)15(22)12(13)14/h1-7H,8H2. The van der Waals surface area contributed by atoms with Crippen molar-refractivity contribution in [3.05, 3.63) is 48.2 Å². The molecule has 23 heavy (non-hydrogen) atoms. The zero-order valence-corrected chi connectivity index (χ0v) is 11.6. The Morgan fingerprint density at radius 2 is 1.91 bits per heavy atom. The number of carbonyl (C=O) groups excluding carboxylic acids is 1. The highest BCUT2D eigenvalue weighted by Crippen LogP contribution is 2.41. The minimum absolute atomic E-state index is 0.0726. The van der Waals surface area contributed by atoms with Crippen LogP contribution in [0.4, 0.5) is 13.2 Å². The van der Waals surface area contributed by atoms with Gasteiger partial charge in [0.2, 0.25) is 0 Å². The van der Waals surface area contributed by atoms with Crippen molar-refractivity contribution in [2.45, 2.75) is 6.18 Å². The molecule has 7 heteroatoms. The first-order valence-corrected chi connectivity index (χ1v) is 6.80. The van der Waals surface area contributed by atoms with Crippen molar-refractivity contribution in [2.24, 2.45) is 0 Å². The summed E-state index contributed by atoms with van der Waals surface area (Å²) in [5.74, 6) is -0.507. The first-order valence-electron chi connectivity index (χ1n) is 6.80. The molecule has 0 atom stereocenters. The van der Waals surface area contributed by atoms with Crippen molar-refractivity contribution >= 4 is 16.8 Å². The molecule has 0 N–H and O–H groups in total. The summed E-state index contributed by atoms with van der Waals surface area (Å²) in [7, 11) is 0. The van der Waals surface area contributed by atoms with Crippen molar-refractivity contribution in [1.29, 1.82) is 0 Å². The summed E-state index contributed by atoms with van der Waals surface area (Å²) in [5.41, 5.74) is 1.44. The van der Waals surface area contributed by atoms with Crippen LogP contribution in [0.15, 0.2) is 42.6 Å². The van der Waals surface area contributed by atoms with E-state index in [2.05, 4.69) is 4.98 Å². The molecule has 0 saturated carbocycles. The Bertz CT molecular complexity index is 944. The number of halogens is 3. The van der Waals surface area contributed by atoms with Gasteiger partial charge in [-0.3, -0.25) is 9.36 Å². The number of pyridine rings is 1. The number of nitrogens with zero attached hydrogens (tertiary/aromatic N) is 2. The molecule has 4 rings (SSSR count). The molecule has 0 unspecified atom stereocenters. The van der Waals surface area contributed by atoms with E-state index < -0.39 is 18.7 Å². The second kappa shape index (κ2) is 4.58. The lowest BCUT2D eigenvalue weighted by atomic mass is 10.1. The molecule has 0 fully saturated rings. The zero-order valence-electron chi connectivity index (χ0n) is 11.6. The molecule has 116 valence electrons. The van der Waals surface area contributed by atoms with E-state index in [0.29, 0.717) is 22.3 Å². The van der Waals surface area contributed by atoms with E-state index in [1.807, 2.05) is 0 Å². The van der Waals surface area contributed by atoms with Crippen LogP contribution >= 0.6 is 0 Å². The Kier molecular flexibility index (Phi) is 2.75. The lowest BCUT2D eigenvalue weighted by Crippen LogP contribution is -2.20. The molecule has 2 aromatic heterocycles. The maximum Gasteiger partial charge on any atom is 0.422 e. The number of fused-ring (bicyclic) bond motifs is 4. The Balaban J connectivity index is 1.98. The highest BCUT2D eigenvalue weighted by atomic mass is 19.4. The maximum atomic E-state index is 12.6. The van der Waals surface area contributed by atoms with Crippen LogP contribution in [0.2, 0.25) is 0 Å². The molecule has 3 heterocycles. The van der Waals surface area contributed by atoms with Gasteiger partial charge in [-0.2, -0.15) is 13.2 Å². The fourth-order valence-electron chi connectivity index (χ4n) is 2.74. The Morgan fingerprint density at radius 3 is 2.70 bits per heavy atom. The molecule has 3 aromatic rings. The normalized spacial score (nSPS) is 13.3. The van der Waals surface area contributed by atoms with Crippen LogP contribution in [0, 0.1) is 0 Å². The second-order valence-electron chi connectivity index (χ2n) is 5.15. The maximum absolute atomic E-state index is 12.6. The minimum Gasteiger partial charge on any atom is -0.482 e. The van der Waals surface area contributed by atoms with E-state index in [9.17, 15) is 18.0 Å². The van der Waals surface area contributed by atoms with E-state index in [1.165, 1.54) is 4.57 Å². The van der Waals surface area contributed by atoms with Gasteiger partial charge in [0, 0.05) is 11.6 Å². The lowest BCUT2D eigenvalue weighted by Gasteiger charge is -2.14. The topological polar surface area (TPSA) is 44.1 Å². The third-order valence-corrected chi connectivity index (χ3v) is 3.65. The highest BCUT2D eigenvalue weighted by molar-refractivity contribution is 6.13. The van der Waals surface area contributed by atoms with Crippen LogP contribution in [0.25, 0.3) is 22.3 Å². The number of hydrogen-bond acceptors (Lipinski definition) is 3. The number of para-hydroxylation sites is 1. The fourth-order valence-corrected chi connectivity index (χ4v) is 2.74. The quantitative estimate of drug-likeness (QED) is 0.567. The molecule has 1 aromatic carbocycles. The average molecular weight is 318 g/mol. The van der Waals surface area contributed by atoms with E-state index in [4.69, 9.17) is 4.74 Å². The predicted molar refractivity (Wildman–Crippen MR) is 76.4 cm³/mol. The van der Waals surface area contributed by atoms with Gasteiger partial charge >= 0.3 is 6.18 Å². The molecule has 0 spiro atoms. The minimum atomic E-state index is -4.49. The monoisotopic (exact) mass is 318 g/mol. The average Bonchev–Trinajstić information content (AvgIpc) is 3.07. The van der Waals surface area contributed by atoms with Crippen LogP contribution in [0.5, 0.6) is 5.75 Å². The summed E-state index contributed by atoms with van der Waals surface area (Å²) in [6.45, 7) is -1.46. The largest absolute Gasteiger partial charge is 0.482 e. The van der Waals surface area contributed by atoms with E-state index in [-0.39, 0.29) is 11.3 Å². The SMILES string of the molecule is O=C1c2c(nc3ccccc3c2OCC(F)(F)F)-c2cccn21. The van der Waals surface area contributed by atoms with Gasteiger partial charge in [-0.25, -0.2) is 4.98 Å². The number of hydrogen-bond donors (Lipinski definition) is 0. The van der Waals surface area contributed by atoms with Crippen molar-refractivity contribution in [3.63, 3.8) is 0 Å². The van der Waals surface area contributed by atoms with Gasteiger partial charge < -0.3 is 4.74 Å². The van der Waals surface area contributed by atoms with E-state index in [0.717, 1.165) is 0 Å². The molecule has 0 aliphatic carbocycles. The van der Waals surface area contributed by atoms with Crippen LogP contribution < -0.4 is 4.74 Å². The molecule has 0 saturated heterocycles. The van der Waals surface area contributed by atoms with Crippen LogP contribution in [0.3, 0.4) is 0 Å². The lowest BCUT2D eigenvalue weighted by molar-refractivity contribution is -0.153. The summed E-state index contributed by atoms with van der Waals surface area (Å²) < 4.78 is 44.0. The number of rotatable bonds is 2. The van der Waals surface area contributed by atoms with Gasteiger partial charge in [0.1, 0.15) is 17.0 Å². The molecular weight excluding hydrogens is 309 g/mol. The van der Waals surface area contributed by atoms with Gasteiger partial charge in [-0.1, -0.05) is 12.1 Å². The summed E-state index contributed by atoms with van der Waals surface area (Å²) in [4.78, 5) is 16.9. The number of aromatic nitrogens is 2. The Hall–Kier alpha value is -2.83. The van der Waals surface area contributed by atoms with Gasteiger partial charge in [0.15, 0.2) is 6.61 Å². The first-order chi connectivity index (χ1) is 11.0. The van der Waals surface area contributed by atoms with Crippen molar-refractivity contribution in [2.75, 3.05) is 6.61 Å². The van der Waals surface area contributed by atoms with Crippen LogP contribution in [-0.2, 0) is 0 Å². The summed E-state index contributed by atoms with van der Waals surface area (Å²) in [5, 5.41) is 0.384. The molecule has 0 bridgehead atoms. The predicted octanol–water partition coefficient (Wildman–Crippen LogP) is 3.65. The fraction of sp³-hybridized carbons (Fsp3) is 0.125. The number of benzene rings is 1. The molecule has 1 aliphatic rings. The van der Waals surface area contributed by atoms with Crippen LogP contribution in [-0.4, -0.2) is 28.2 Å². The van der Waals surface area contributed by atoms with E-state index in [1.54, 1.807) is 42.6 Å². The molecule has 1 aliphatic heterocycles.